The van der Waals surface area contributed by atoms with Crippen LogP contribution in [0.3, 0.4) is 0 Å². The van der Waals surface area contributed by atoms with Gasteiger partial charge in [0.05, 0.1) is 12.2 Å². The third-order valence-electron chi connectivity index (χ3n) is 6.57. The molecule has 1 fully saturated rings. The van der Waals surface area contributed by atoms with Crippen LogP contribution in [0.4, 0.5) is 5.82 Å². The Morgan fingerprint density at radius 3 is 2.59 bits per heavy atom. The van der Waals surface area contributed by atoms with E-state index >= 15 is 0 Å². The Kier molecular flexibility index (Phi) is 6.24. The molecule has 32 heavy (non-hydrogen) atoms. The minimum atomic E-state index is -0.821. The molecule has 0 spiro atoms. The summed E-state index contributed by atoms with van der Waals surface area (Å²) in [7, 11) is 1.56. The number of likely N-dealkylation sites (tertiary alicyclic amines) is 1. The van der Waals surface area contributed by atoms with Gasteiger partial charge in [0, 0.05) is 50.0 Å². The fourth-order valence-corrected chi connectivity index (χ4v) is 4.41. The van der Waals surface area contributed by atoms with Crippen LogP contribution in [0.5, 0.6) is 0 Å². The summed E-state index contributed by atoms with van der Waals surface area (Å²) < 4.78 is 5.35. The largest absolute Gasteiger partial charge is 0.369 e. The summed E-state index contributed by atoms with van der Waals surface area (Å²) >= 11 is 0. The highest BCUT2D eigenvalue weighted by molar-refractivity contribution is 5.95. The van der Waals surface area contributed by atoms with Crippen molar-refractivity contribution in [3.63, 3.8) is 0 Å². The molecule has 0 unspecified atom stereocenters. The molecular weight excluding hydrogens is 406 g/mol. The normalized spacial score (nSPS) is 17.4. The number of ether oxygens (including phenoxy) is 1. The summed E-state index contributed by atoms with van der Waals surface area (Å²) in [6.07, 6.45) is 4.44. The molecule has 1 saturated heterocycles. The number of aromatic nitrogens is 3. The van der Waals surface area contributed by atoms with E-state index < -0.39 is 5.60 Å². The van der Waals surface area contributed by atoms with Crippen molar-refractivity contribution in [1.82, 2.24) is 19.9 Å². The van der Waals surface area contributed by atoms with E-state index in [0.29, 0.717) is 38.3 Å². The first kappa shape index (κ1) is 22.3. The first-order valence-corrected chi connectivity index (χ1v) is 11.2. The molecule has 2 aromatic heterocycles. The monoisotopic (exact) mass is 437 g/mol. The predicted molar refractivity (Wildman–Crippen MR) is 120 cm³/mol. The van der Waals surface area contributed by atoms with Crippen molar-refractivity contribution in [3.8, 4) is 0 Å². The number of pyridine rings is 1. The quantitative estimate of drug-likeness (QED) is 0.715. The van der Waals surface area contributed by atoms with E-state index in [2.05, 4.69) is 4.98 Å². The van der Waals surface area contributed by atoms with Crippen LogP contribution in [0.25, 0.3) is 0 Å². The number of rotatable bonds is 5. The first-order valence-electron chi connectivity index (χ1n) is 11.2. The Bertz CT molecular complexity index is 1000. The molecule has 2 aromatic rings. The molecule has 8 nitrogen and oxygen atoms in total. The van der Waals surface area contributed by atoms with Crippen molar-refractivity contribution >= 4 is 17.6 Å². The first-order chi connectivity index (χ1) is 15.3. The summed E-state index contributed by atoms with van der Waals surface area (Å²) in [4.78, 5) is 43.2. The number of carbonyl (C=O) groups is 2. The highest BCUT2D eigenvalue weighted by atomic mass is 16.5. The molecule has 8 heteroatoms. The van der Waals surface area contributed by atoms with E-state index in [4.69, 9.17) is 14.7 Å². The summed E-state index contributed by atoms with van der Waals surface area (Å²) in [5, 5.41) is 0. The fourth-order valence-electron chi connectivity index (χ4n) is 4.41. The second-order valence-electron chi connectivity index (χ2n) is 9.05. The number of aryl methyl sites for hydroxylation is 1. The van der Waals surface area contributed by atoms with Gasteiger partial charge in [-0.15, -0.1) is 0 Å². The second-order valence-corrected chi connectivity index (χ2v) is 9.05. The molecule has 0 N–H and O–H groups in total. The Hall–Kier alpha value is -2.87. The van der Waals surface area contributed by atoms with Gasteiger partial charge < -0.3 is 9.64 Å². The predicted octanol–water partition coefficient (Wildman–Crippen LogP) is 2.79. The Balaban J connectivity index is 1.55. The molecule has 2 aliphatic heterocycles. The summed E-state index contributed by atoms with van der Waals surface area (Å²) in [5.41, 5.74) is 1.98. The molecule has 0 bridgehead atoms. The second kappa shape index (κ2) is 8.94. The molecule has 2 amide bonds. The molecule has 0 saturated carbocycles. The number of hydrogen-bond acceptors (Lipinski definition) is 6. The number of nitrogens with zero attached hydrogens (tertiary/aromatic N) is 5. The van der Waals surface area contributed by atoms with Gasteiger partial charge >= 0.3 is 0 Å². The summed E-state index contributed by atoms with van der Waals surface area (Å²) in [5.74, 6) is 1.71. The van der Waals surface area contributed by atoms with Crippen LogP contribution < -0.4 is 4.90 Å². The maximum absolute atomic E-state index is 12.8. The van der Waals surface area contributed by atoms with Gasteiger partial charge in [-0.2, -0.15) is 0 Å². The number of piperidine rings is 1. The van der Waals surface area contributed by atoms with E-state index in [1.165, 1.54) is 0 Å². The van der Waals surface area contributed by atoms with Gasteiger partial charge in [0.2, 0.25) is 5.91 Å². The molecule has 0 aromatic carbocycles. The number of carbonyl (C=O) groups excluding carboxylic acids is 2. The molecule has 4 rings (SSSR count). The summed E-state index contributed by atoms with van der Waals surface area (Å²) in [6, 6.07) is 5.71. The third-order valence-corrected chi connectivity index (χ3v) is 6.57. The molecule has 2 aliphatic rings. The van der Waals surface area contributed by atoms with Gasteiger partial charge in [-0.3, -0.25) is 19.5 Å². The maximum atomic E-state index is 12.8. The van der Waals surface area contributed by atoms with Crippen molar-refractivity contribution in [1.29, 1.82) is 0 Å². The number of hydrogen-bond donors (Lipinski definition) is 0. The van der Waals surface area contributed by atoms with Gasteiger partial charge in [-0.1, -0.05) is 6.07 Å². The molecule has 0 aliphatic carbocycles. The average molecular weight is 438 g/mol. The zero-order chi connectivity index (χ0) is 22.9. The van der Waals surface area contributed by atoms with E-state index in [9.17, 15) is 9.59 Å². The minimum absolute atomic E-state index is 0.00752. The van der Waals surface area contributed by atoms with Crippen molar-refractivity contribution in [2.24, 2.45) is 0 Å². The average Bonchev–Trinajstić information content (AvgIpc) is 2.81. The maximum Gasteiger partial charge on any atom is 0.254 e. The van der Waals surface area contributed by atoms with Crippen LogP contribution in [0, 0.1) is 6.92 Å². The Morgan fingerprint density at radius 1 is 1.19 bits per heavy atom. The molecule has 4 heterocycles. The number of fused-ring (bicyclic) bond motifs is 1. The fraction of sp³-hybridized carbons (Fsp3) is 0.542. The van der Waals surface area contributed by atoms with Crippen LogP contribution in [0.1, 0.15) is 61.8 Å². The number of amides is 2. The Morgan fingerprint density at radius 2 is 1.94 bits per heavy atom. The van der Waals surface area contributed by atoms with Crippen molar-refractivity contribution in [2.45, 2.75) is 64.5 Å². The van der Waals surface area contributed by atoms with Gasteiger partial charge in [0.25, 0.3) is 5.91 Å². The smallest absolute Gasteiger partial charge is 0.254 e. The van der Waals surface area contributed by atoms with E-state index in [0.717, 1.165) is 35.6 Å². The lowest BCUT2D eigenvalue weighted by Crippen LogP contribution is -2.49. The van der Waals surface area contributed by atoms with Crippen LogP contribution in [0.2, 0.25) is 0 Å². The summed E-state index contributed by atoms with van der Waals surface area (Å²) in [6.45, 7) is 7.29. The van der Waals surface area contributed by atoms with Gasteiger partial charge in [0.15, 0.2) is 0 Å². The number of anilines is 1. The topological polar surface area (TPSA) is 88.5 Å². The van der Waals surface area contributed by atoms with E-state index in [1.807, 2.05) is 30.0 Å². The lowest BCUT2D eigenvalue weighted by atomic mass is 9.93. The van der Waals surface area contributed by atoms with Gasteiger partial charge in [-0.05, 0) is 52.2 Å². The lowest BCUT2D eigenvalue weighted by Gasteiger charge is -2.36. The van der Waals surface area contributed by atoms with Crippen LogP contribution in [0.15, 0.2) is 24.4 Å². The van der Waals surface area contributed by atoms with Gasteiger partial charge in [-0.25, -0.2) is 9.97 Å². The molecule has 0 atom stereocenters. The van der Waals surface area contributed by atoms with Crippen LogP contribution in [-0.4, -0.2) is 57.5 Å². The zero-order valence-corrected chi connectivity index (χ0v) is 19.3. The molecule has 0 radical (unpaired) electrons. The Labute approximate surface area is 189 Å². The van der Waals surface area contributed by atoms with Gasteiger partial charge in [0.1, 0.15) is 17.2 Å². The van der Waals surface area contributed by atoms with Crippen molar-refractivity contribution in [3.05, 3.63) is 47.2 Å². The van der Waals surface area contributed by atoms with Crippen molar-refractivity contribution < 1.29 is 14.3 Å². The highest BCUT2D eigenvalue weighted by Crippen LogP contribution is 2.33. The zero-order valence-electron chi connectivity index (χ0n) is 19.3. The van der Waals surface area contributed by atoms with Crippen LogP contribution >= 0.6 is 0 Å². The van der Waals surface area contributed by atoms with Crippen molar-refractivity contribution in [2.75, 3.05) is 25.1 Å². The SMILES string of the molecule is COC(C)(C)C(=O)N1CCC(c2nc(C)c3c(n2)N(Cc2ccccn2)C(=O)CC3)CC1. The standard InChI is InChI=1S/C24H31N5O3/c1-16-19-8-9-20(30)29(15-18-7-5-6-12-25-18)22(19)27-21(26-16)17-10-13-28(14-11-17)23(31)24(2,3)32-4/h5-7,12,17H,8-11,13-15H2,1-4H3. The van der Waals surface area contributed by atoms with Crippen LogP contribution in [-0.2, 0) is 27.3 Å². The molecule has 170 valence electrons. The minimum Gasteiger partial charge on any atom is -0.369 e. The molecular formula is C24H31N5O3. The third kappa shape index (κ3) is 4.37. The number of methoxy groups -OCH3 is 1. The van der Waals surface area contributed by atoms with E-state index in [-0.39, 0.29) is 17.7 Å². The lowest BCUT2D eigenvalue weighted by molar-refractivity contribution is -0.152. The van der Waals surface area contributed by atoms with E-state index in [1.54, 1.807) is 32.1 Å². The highest BCUT2D eigenvalue weighted by Gasteiger charge is 2.35.